The quantitative estimate of drug-likeness (QED) is 0.304. The smallest absolute Gasteiger partial charge is 0.229 e. The maximum absolute atomic E-state index is 12.8. The molecule has 0 aromatic heterocycles. The van der Waals surface area contributed by atoms with Gasteiger partial charge < -0.3 is 14.7 Å². The fourth-order valence-electron chi connectivity index (χ4n) is 7.52. The lowest BCUT2D eigenvalue weighted by atomic mass is 9.67. The van der Waals surface area contributed by atoms with Gasteiger partial charge in [0.2, 0.25) is 17.7 Å². The minimum absolute atomic E-state index is 0.0285. The summed E-state index contributed by atoms with van der Waals surface area (Å²) < 4.78 is 0. The highest BCUT2D eigenvalue weighted by Gasteiger charge is 2.50. The third kappa shape index (κ3) is 8.25. The number of carbonyl (C=O) groups excluding carboxylic acids is 3. The van der Waals surface area contributed by atoms with Crippen molar-refractivity contribution in [2.24, 2.45) is 38.4 Å². The second-order valence-corrected chi connectivity index (χ2v) is 20.4. The predicted molar refractivity (Wildman–Crippen MR) is 196 cm³/mol. The number of hydrogen-bond acceptors (Lipinski definition) is 3. The van der Waals surface area contributed by atoms with Crippen LogP contribution in [0, 0.1) is 38.4 Å². The molecule has 0 aromatic rings. The van der Waals surface area contributed by atoms with Crippen LogP contribution in [0.1, 0.15) is 168 Å². The number of fused-ring (bicyclic) bond motifs is 5. The SMILES string of the molecule is CC(C)(C)C(C)(C)C(=O)N1C2CCC1CC2.CC(C)(C)C(C)(C)C(=O)N1CC2CCC1CC2.CC(C)(C)C(C)(C)C(=O)N1CCCC1. The molecule has 0 aromatic carbocycles. The molecule has 6 fully saturated rings. The van der Waals surface area contributed by atoms with Gasteiger partial charge >= 0.3 is 0 Å². The number of likely N-dealkylation sites (tertiary alicyclic amines) is 1. The van der Waals surface area contributed by atoms with Crippen LogP contribution in [0.2, 0.25) is 0 Å². The summed E-state index contributed by atoms with van der Waals surface area (Å²) in [5.74, 6) is 1.85. The van der Waals surface area contributed by atoms with Crippen LogP contribution in [-0.2, 0) is 14.4 Å². The van der Waals surface area contributed by atoms with Crippen LogP contribution in [0.4, 0.5) is 0 Å². The number of amides is 3. The predicted octanol–water partition coefficient (Wildman–Crippen LogP) is 9.35. The molecule has 0 radical (unpaired) electrons. The minimum atomic E-state index is -0.259. The summed E-state index contributed by atoms with van der Waals surface area (Å²) >= 11 is 0. The van der Waals surface area contributed by atoms with Crippen LogP contribution in [0.15, 0.2) is 0 Å². The van der Waals surface area contributed by atoms with Gasteiger partial charge in [-0.3, -0.25) is 14.4 Å². The number of carbonyl (C=O) groups is 3. The van der Waals surface area contributed by atoms with Gasteiger partial charge in [0.15, 0.2) is 0 Å². The third-order valence-electron chi connectivity index (χ3n) is 14.3. The molecule has 5 heterocycles. The molecule has 5 saturated heterocycles. The fraction of sp³-hybridized carbons (Fsp3) is 0.927. The number of piperidine rings is 2. The highest BCUT2D eigenvalue weighted by Crippen LogP contribution is 2.46. The molecule has 1 aliphatic carbocycles. The Kier molecular flexibility index (Phi) is 11.8. The van der Waals surface area contributed by atoms with Crippen LogP contribution in [0.3, 0.4) is 0 Å². The monoisotopic (exact) mass is 658 g/mol. The molecule has 6 aliphatic rings. The average molecular weight is 658 g/mol. The van der Waals surface area contributed by atoms with Gasteiger partial charge in [0.25, 0.3) is 0 Å². The van der Waals surface area contributed by atoms with Crippen molar-refractivity contribution in [3.63, 3.8) is 0 Å². The Bertz CT molecular complexity index is 1080. The topological polar surface area (TPSA) is 60.9 Å². The van der Waals surface area contributed by atoms with Crippen molar-refractivity contribution in [1.29, 1.82) is 0 Å². The maximum Gasteiger partial charge on any atom is 0.229 e. The van der Waals surface area contributed by atoms with Crippen LogP contribution in [0.5, 0.6) is 0 Å². The number of nitrogens with zero attached hydrogens (tertiary/aromatic N) is 3. The molecule has 6 nitrogen and oxygen atoms in total. The molecule has 6 rings (SSSR count). The Labute approximate surface area is 290 Å². The van der Waals surface area contributed by atoms with Gasteiger partial charge in [0, 0.05) is 54.0 Å². The molecule has 0 spiro atoms. The minimum Gasteiger partial charge on any atom is -0.342 e. The van der Waals surface area contributed by atoms with Crippen LogP contribution in [-0.4, -0.2) is 70.2 Å². The van der Waals surface area contributed by atoms with Crippen molar-refractivity contribution in [3.8, 4) is 0 Å². The van der Waals surface area contributed by atoms with Crippen molar-refractivity contribution in [1.82, 2.24) is 14.7 Å². The highest BCUT2D eigenvalue weighted by atomic mass is 16.2. The van der Waals surface area contributed by atoms with Crippen LogP contribution in [0.25, 0.3) is 0 Å². The van der Waals surface area contributed by atoms with Gasteiger partial charge in [-0.1, -0.05) is 104 Å². The zero-order chi connectivity index (χ0) is 36.0. The number of hydrogen-bond donors (Lipinski definition) is 0. The Morgan fingerprint density at radius 1 is 0.447 bits per heavy atom. The van der Waals surface area contributed by atoms with Gasteiger partial charge in [-0.2, -0.15) is 0 Å². The van der Waals surface area contributed by atoms with E-state index >= 15 is 0 Å². The molecule has 4 bridgehead atoms. The van der Waals surface area contributed by atoms with E-state index in [-0.39, 0.29) is 32.5 Å². The van der Waals surface area contributed by atoms with Crippen LogP contribution < -0.4 is 0 Å². The zero-order valence-electron chi connectivity index (χ0n) is 33.6. The average Bonchev–Trinajstić information content (AvgIpc) is 3.74. The molecular formula is C41H75N3O3. The van der Waals surface area contributed by atoms with Crippen molar-refractivity contribution in [3.05, 3.63) is 0 Å². The molecule has 0 atom stereocenters. The first-order chi connectivity index (χ1) is 21.2. The summed E-state index contributed by atoms with van der Waals surface area (Å²) in [6.45, 7) is 34.9. The third-order valence-corrected chi connectivity index (χ3v) is 14.3. The lowest BCUT2D eigenvalue weighted by Gasteiger charge is -2.50. The first kappa shape index (κ1) is 39.8. The summed E-state index contributed by atoms with van der Waals surface area (Å²) in [6, 6.07) is 1.65. The summed E-state index contributed by atoms with van der Waals surface area (Å²) in [7, 11) is 0. The largest absolute Gasteiger partial charge is 0.342 e. The molecular weight excluding hydrogens is 582 g/mol. The second-order valence-electron chi connectivity index (χ2n) is 20.4. The van der Waals surface area contributed by atoms with Crippen LogP contribution >= 0.6 is 0 Å². The Morgan fingerprint density at radius 3 is 1.13 bits per heavy atom. The van der Waals surface area contributed by atoms with Gasteiger partial charge in [-0.15, -0.1) is 0 Å². The lowest BCUT2D eigenvalue weighted by Crippen LogP contribution is -2.56. The number of rotatable bonds is 3. The van der Waals surface area contributed by atoms with E-state index in [9.17, 15) is 14.4 Å². The fourth-order valence-corrected chi connectivity index (χ4v) is 7.52. The summed E-state index contributed by atoms with van der Waals surface area (Å²) in [5.41, 5.74) is -0.667. The van der Waals surface area contributed by atoms with E-state index in [4.69, 9.17) is 0 Å². The van der Waals surface area contributed by atoms with E-state index < -0.39 is 0 Å². The van der Waals surface area contributed by atoms with Gasteiger partial charge in [0.05, 0.1) is 0 Å². The van der Waals surface area contributed by atoms with Gasteiger partial charge in [-0.05, 0) is 86.4 Å². The molecule has 1 saturated carbocycles. The van der Waals surface area contributed by atoms with Crippen molar-refractivity contribution >= 4 is 17.7 Å². The molecule has 5 aliphatic heterocycles. The Morgan fingerprint density at radius 2 is 0.787 bits per heavy atom. The van der Waals surface area contributed by atoms with E-state index in [0.717, 1.165) is 25.6 Å². The molecule has 0 unspecified atom stereocenters. The summed E-state index contributed by atoms with van der Waals surface area (Å²) in [4.78, 5) is 44.2. The standard InChI is InChI=1S/C15H27NO.C14H25NO.C12H23NO/c1-14(2,3)15(4,5)13(17)16-10-11-6-8-12(16)9-7-11;1-13(2,3)14(4,5)12(16)15-10-6-7-11(15)9-8-10;1-11(2,3)12(4,5)10(14)13-8-6-7-9-13/h11-12H,6-10H2,1-5H3;10-11H,6-9H2,1-5H3;6-9H2,1-5H3. The van der Waals surface area contributed by atoms with E-state index in [0.29, 0.717) is 35.8 Å². The van der Waals surface area contributed by atoms with Gasteiger partial charge in [0.1, 0.15) is 0 Å². The molecule has 6 heteroatoms. The molecule has 0 N–H and O–H groups in total. The van der Waals surface area contributed by atoms with Crippen molar-refractivity contribution in [2.75, 3.05) is 19.6 Å². The highest BCUT2D eigenvalue weighted by molar-refractivity contribution is 5.84. The molecule has 272 valence electrons. The van der Waals surface area contributed by atoms with Crippen molar-refractivity contribution < 1.29 is 14.4 Å². The first-order valence-corrected chi connectivity index (χ1v) is 19.2. The summed E-state index contributed by atoms with van der Waals surface area (Å²) in [6.07, 6.45) is 12.4. The van der Waals surface area contributed by atoms with E-state index in [1.165, 1.54) is 64.2 Å². The normalized spacial score (nSPS) is 26.5. The maximum atomic E-state index is 12.8. The first-order valence-electron chi connectivity index (χ1n) is 19.2. The summed E-state index contributed by atoms with van der Waals surface area (Å²) in [5, 5.41) is 0. The second kappa shape index (κ2) is 14.0. The zero-order valence-corrected chi connectivity index (χ0v) is 33.6. The van der Waals surface area contributed by atoms with E-state index in [2.05, 4.69) is 114 Å². The van der Waals surface area contributed by atoms with Gasteiger partial charge in [-0.25, -0.2) is 0 Å². The lowest BCUT2D eigenvalue weighted by molar-refractivity contribution is -0.154. The molecule has 3 amide bonds. The molecule has 47 heavy (non-hydrogen) atoms. The Balaban J connectivity index is 0.000000193. The van der Waals surface area contributed by atoms with E-state index in [1.54, 1.807) is 0 Å². The van der Waals surface area contributed by atoms with E-state index in [1.807, 2.05) is 4.90 Å². The van der Waals surface area contributed by atoms with Crippen molar-refractivity contribution in [2.45, 2.75) is 186 Å². The Hall–Kier alpha value is -1.59.